The van der Waals surface area contributed by atoms with Gasteiger partial charge < -0.3 is 14.1 Å². The normalized spacial score (nSPS) is 16.3. The van der Waals surface area contributed by atoms with E-state index in [1.54, 1.807) is 18.1 Å². The van der Waals surface area contributed by atoms with E-state index in [9.17, 15) is 4.79 Å². The molecule has 4 rings (SSSR count). The zero-order valence-corrected chi connectivity index (χ0v) is 20.7. The first kappa shape index (κ1) is 23.0. The second kappa shape index (κ2) is 9.38. The fourth-order valence-electron chi connectivity index (χ4n) is 4.56. The Bertz CT molecular complexity index is 1070. The van der Waals surface area contributed by atoms with E-state index < -0.39 is 14.5 Å². The molecule has 0 radical (unpaired) electrons. The maximum Gasteiger partial charge on any atom is 0.264 e. The number of carbonyl (C=O) groups excluding carboxylic acids is 1. The van der Waals surface area contributed by atoms with Gasteiger partial charge >= 0.3 is 0 Å². The summed E-state index contributed by atoms with van der Waals surface area (Å²) in [6.07, 6.45) is 3.09. The van der Waals surface area contributed by atoms with Crippen molar-refractivity contribution in [3.05, 3.63) is 103 Å². The van der Waals surface area contributed by atoms with E-state index in [2.05, 4.69) is 69.3 Å². The van der Waals surface area contributed by atoms with Crippen molar-refractivity contribution in [2.75, 3.05) is 7.11 Å². The van der Waals surface area contributed by atoms with Crippen LogP contribution in [0, 0.1) is 0 Å². The van der Waals surface area contributed by atoms with Gasteiger partial charge in [0.2, 0.25) is 5.91 Å². The number of hydrogen-bond acceptors (Lipinski definition) is 3. The average molecular weight is 458 g/mol. The highest BCUT2D eigenvalue weighted by atomic mass is 28.4. The summed E-state index contributed by atoms with van der Waals surface area (Å²) in [5, 5.41) is 2.22. The van der Waals surface area contributed by atoms with E-state index in [-0.39, 0.29) is 10.9 Å². The minimum atomic E-state index is -2.78. The first-order chi connectivity index (χ1) is 15.8. The van der Waals surface area contributed by atoms with Crippen LogP contribution in [0.4, 0.5) is 0 Å². The first-order valence-electron chi connectivity index (χ1n) is 11.3. The maximum atomic E-state index is 12.9. The summed E-state index contributed by atoms with van der Waals surface area (Å²) in [5.41, 5.74) is 1.03. The molecule has 1 heterocycles. The van der Waals surface area contributed by atoms with Crippen LogP contribution in [0.3, 0.4) is 0 Å². The average Bonchev–Trinajstić information content (AvgIpc) is 3.17. The molecule has 3 aromatic carbocycles. The Hall–Kier alpha value is -3.15. The summed E-state index contributed by atoms with van der Waals surface area (Å²) in [6, 6.07) is 28.8. The molecule has 5 heteroatoms. The molecule has 1 amide bonds. The second-order valence-corrected chi connectivity index (χ2v) is 13.6. The molecule has 170 valence electrons. The lowest BCUT2D eigenvalue weighted by molar-refractivity contribution is -0.130. The molecule has 0 aliphatic carbocycles. The van der Waals surface area contributed by atoms with Crippen molar-refractivity contribution in [2.45, 2.75) is 38.6 Å². The quantitative estimate of drug-likeness (QED) is 0.491. The summed E-state index contributed by atoms with van der Waals surface area (Å²) in [4.78, 5) is 14.7. The van der Waals surface area contributed by atoms with Crippen molar-refractivity contribution in [2.24, 2.45) is 0 Å². The molecule has 3 aromatic rings. The summed E-state index contributed by atoms with van der Waals surface area (Å²) in [7, 11) is -1.13. The molecular formula is C28H31NO3Si. The monoisotopic (exact) mass is 457 g/mol. The molecule has 0 N–H and O–H groups in total. The molecular weight excluding hydrogens is 426 g/mol. The fraction of sp³-hybridized carbons (Fsp3) is 0.250. The maximum absolute atomic E-state index is 12.9. The molecule has 0 saturated heterocycles. The van der Waals surface area contributed by atoms with Gasteiger partial charge in [0.05, 0.1) is 7.11 Å². The Morgan fingerprint density at radius 2 is 1.39 bits per heavy atom. The minimum Gasteiger partial charge on any atom is -0.497 e. The van der Waals surface area contributed by atoms with Crippen LogP contribution in [0.15, 0.2) is 97.1 Å². The van der Waals surface area contributed by atoms with Crippen molar-refractivity contribution in [1.82, 2.24) is 4.90 Å². The molecule has 0 bridgehead atoms. The summed E-state index contributed by atoms with van der Waals surface area (Å²) in [5.74, 6) is 0.762. The van der Waals surface area contributed by atoms with E-state index in [0.717, 1.165) is 11.3 Å². The van der Waals surface area contributed by atoms with Crippen LogP contribution in [0.5, 0.6) is 5.75 Å². The molecule has 1 aliphatic heterocycles. The largest absolute Gasteiger partial charge is 0.497 e. The van der Waals surface area contributed by atoms with Crippen LogP contribution >= 0.6 is 0 Å². The van der Waals surface area contributed by atoms with Crippen LogP contribution in [-0.4, -0.2) is 32.5 Å². The van der Waals surface area contributed by atoms with Gasteiger partial charge in [0.25, 0.3) is 8.32 Å². The highest BCUT2D eigenvalue weighted by molar-refractivity contribution is 6.99. The van der Waals surface area contributed by atoms with Gasteiger partial charge in [-0.15, -0.1) is 0 Å². The zero-order valence-electron chi connectivity index (χ0n) is 19.7. The number of rotatable bonds is 7. The third kappa shape index (κ3) is 4.52. The van der Waals surface area contributed by atoms with Crippen molar-refractivity contribution < 1.29 is 14.0 Å². The number of nitrogens with zero attached hydrogens (tertiary/aromatic N) is 1. The highest BCUT2D eigenvalue weighted by Crippen LogP contribution is 2.38. The molecule has 0 spiro atoms. The Kier molecular flexibility index (Phi) is 6.54. The standard InChI is InChI=1S/C28H31NO3Si/c1-28(2,3)33(24-11-7-5-8-12-24,25-13-9-6-10-14-25)32-27-20-19-26(30)29(27)21-22-15-17-23(31-4)18-16-22/h5-20,27H,21H2,1-4H3. The number of hydrogen-bond donors (Lipinski definition) is 0. The fourth-order valence-corrected chi connectivity index (χ4v) is 9.14. The smallest absolute Gasteiger partial charge is 0.264 e. The molecule has 1 unspecified atom stereocenters. The molecule has 1 aliphatic rings. The molecule has 0 saturated carbocycles. The number of benzene rings is 3. The van der Waals surface area contributed by atoms with Crippen molar-refractivity contribution in [3.63, 3.8) is 0 Å². The summed E-state index contributed by atoms with van der Waals surface area (Å²) >= 11 is 0. The van der Waals surface area contributed by atoms with Gasteiger partial charge in [0.1, 0.15) is 12.0 Å². The van der Waals surface area contributed by atoms with Crippen molar-refractivity contribution >= 4 is 24.6 Å². The lowest BCUT2D eigenvalue weighted by Crippen LogP contribution is -2.68. The van der Waals surface area contributed by atoms with Gasteiger partial charge in [0.15, 0.2) is 0 Å². The van der Waals surface area contributed by atoms with Crippen LogP contribution in [0.2, 0.25) is 5.04 Å². The van der Waals surface area contributed by atoms with Crippen LogP contribution in [-0.2, 0) is 15.8 Å². The van der Waals surface area contributed by atoms with Gasteiger partial charge in [-0.3, -0.25) is 4.79 Å². The van der Waals surface area contributed by atoms with E-state index in [0.29, 0.717) is 6.54 Å². The Morgan fingerprint density at radius 1 is 0.848 bits per heavy atom. The molecule has 1 atom stereocenters. The van der Waals surface area contributed by atoms with E-state index in [1.165, 1.54) is 10.4 Å². The van der Waals surface area contributed by atoms with Crippen LogP contribution in [0.25, 0.3) is 0 Å². The van der Waals surface area contributed by atoms with Gasteiger partial charge in [-0.1, -0.05) is 93.6 Å². The van der Waals surface area contributed by atoms with Gasteiger partial charge in [-0.2, -0.15) is 0 Å². The Balaban J connectivity index is 1.75. The third-order valence-corrected chi connectivity index (χ3v) is 11.2. The lowest BCUT2D eigenvalue weighted by atomic mass is 10.2. The minimum absolute atomic E-state index is 0.0336. The third-order valence-electron chi connectivity index (χ3n) is 6.22. The Morgan fingerprint density at radius 3 is 1.88 bits per heavy atom. The van der Waals surface area contributed by atoms with Crippen molar-refractivity contribution in [3.8, 4) is 5.75 Å². The number of carbonyl (C=O) groups is 1. The topological polar surface area (TPSA) is 38.8 Å². The van der Waals surface area contributed by atoms with E-state index in [4.69, 9.17) is 9.16 Å². The van der Waals surface area contributed by atoms with E-state index in [1.807, 2.05) is 42.5 Å². The van der Waals surface area contributed by atoms with Crippen LogP contribution in [0.1, 0.15) is 26.3 Å². The van der Waals surface area contributed by atoms with Gasteiger partial charge in [0, 0.05) is 12.6 Å². The second-order valence-electron chi connectivity index (χ2n) is 9.34. The Labute approximate surface area is 197 Å². The molecule has 33 heavy (non-hydrogen) atoms. The predicted octanol–water partition coefficient (Wildman–Crippen LogP) is 4.50. The zero-order chi connectivity index (χ0) is 23.5. The van der Waals surface area contributed by atoms with E-state index >= 15 is 0 Å². The highest BCUT2D eigenvalue weighted by Gasteiger charge is 2.52. The van der Waals surface area contributed by atoms with Crippen LogP contribution < -0.4 is 15.1 Å². The van der Waals surface area contributed by atoms with Gasteiger partial charge in [-0.25, -0.2) is 0 Å². The predicted molar refractivity (Wildman–Crippen MR) is 135 cm³/mol. The molecule has 4 nitrogen and oxygen atoms in total. The molecule has 0 aromatic heterocycles. The number of amides is 1. The lowest BCUT2D eigenvalue weighted by Gasteiger charge is -2.45. The SMILES string of the molecule is COc1ccc(CN2C(=O)C=CC2O[Si](c2ccccc2)(c2ccccc2)C(C)(C)C)cc1. The first-order valence-corrected chi connectivity index (χ1v) is 13.2. The van der Waals surface area contributed by atoms with Crippen molar-refractivity contribution in [1.29, 1.82) is 0 Å². The molecule has 0 fully saturated rings. The number of methoxy groups -OCH3 is 1. The summed E-state index contributed by atoms with van der Waals surface area (Å²) < 4.78 is 12.4. The van der Waals surface area contributed by atoms with Gasteiger partial charge in [-0.05, 0) is 39.2 Å². The number of ether oxygens (including phenoxy) is 1. The summed E-state index contributed by atoms with van der Waals surface area (Å²) in [6.45, 7) is 7.20.